The Morgan fingerprint density at radius 3 is 2.57 bits per heavy atom. The van der Waals surface area contributed by atoms with Crippen molar-refractivity contribution in [1.82, 2.24) is 20.0 Å². The Hall–Kier alpha value is -3.92. The lowest BCUT2D eigenvalue weighted by Crippen LogP contribution is -2.54. The third-order valence-corrected chi connectivity index (χ3v) is 9.08. The first-order valence-electron chi connectivity index (χ1n) is 15.1. The van der Waals surface area contributed by atoms with E-state index >= 15 is 0 Å². The number of carbonyl (C=O) groups is 4. The molecular formula is C32H39N5O5. The molecule has 10 nitrogen and oxygen atoms in total. The van der Waals surface area contributed by atoms with Gasteiger partial charge in [-0.3, -0.25) is 29.4 Å². The highest BCUT2D eigenvalue weighted by molar-refractivity contribution is 6.05. The molecule has 0 spiro atoms. The van der Waals surface area contributed by atoms with E-state index in [1.54, 1.807) is 17.0 Å². The average Bonchev–Trinajstić information content (AvgIpc) is 3.60. The van der Waals surface area contributed by atoms with Crippen molar-refractivity contribution in [2.45, 2.75) is 57.7 Å². The second kappa shape index (κ2) is 12.1. The van der Waals surface area contributed by atoms with Gasteiger partial charge in [-0.2, -0.15) is 0 Å². The normalized spacial score (nSPS) is 22.9. The van der Waals surface area contributed by atoms with Gasteiger partial charge in [0.1, 0.15) is 11.8 Å². The highest BCUT2D eigenvalue weighted by atomic mass is 16.5. The Morgan fingerprint density at radius 2 is 1.79 bits per heavy atom. The molecular weight excluding hydrogens is 534 g/mol. The Bertz CT molecular complexity index is 1370. The van der Waals surface area contributed by atoms with Crippen LogP contribution >= 0.6 is 0 Å². The van der Waals surface area contributed by atoms with Gasteiger partial charge in [0.15, 0.2) is 0 Å². The Labute approximate surface area is 246 Å². The summed E-state index contributed by atoms with van der Waals surface area (Å²) in [5.74, 6) is -0.0325. The summed E-state index contributed by atoms with van der Waals surface area (Å²) >= 11 is 0. The molecule has 4 heterocycles. The van der Waals surface area contributed by atoms with Crippen molar-refractivity contribution in [1.29, 1.82) is 0 Å². The maximum Gasteiger partial charge on any atom is 0.255 e. The van der Waals surface area contributed by atoms with E-state index < -0.39 is 11.9 Å². The summed E-state index contributed by atoms with van der Waals surface area (Å²) in [4.78, 5) is 58.7. The topological polar surface area (TPSA) is 102 Å². The number of nitrogens with zero attached hydrogens (tertiary/aromatic N) is 4. The number of nitrogens with one attached hydrogen (secondary N) is 1. The molecule has 3 saturated heterocycles. The van der Waals surface area contributed by atoms with Gasteiger partial charge in [0, 0.05) is 56.0 Å². The molecule has 2 unspecified atom stereocenters. The first-order chi connectivity index (χ1) is 20.4. The molecule has 6 rings (SSSR count). The van der Waals surface area contributed by atoms with Crippen LogP contribution in [-0.2, 0) is 20.9 Å². The average molecular weight is 574 g/mol. The van der Waals surface area contributed by atoms with E-state index in [0.29, 0.717) is 24.3 Å². The zero-order valence-electron chi connectivity index (χ0n) is 24.2. The number of rotatable bonds is 8. The van der Waals surface area contributed by atoms with Gasteiger partial charge in [0.2, 0.25) is 17.7 Å². The zero-order valence-corrected chi connectivity index (χ0v) is 24.2. The lowest BCUT2D eigenvalue weighted by molar-refractivity contribution is -0.137. The quantitative estimate of drug-likeness (QED) is 0.382. The number of ether oxygens (including phenoxy) is 1. The molecule has 42 heavy (non-hydrogen) atoms. The first kappa shape index (κ1) is 28.2. The molecule has 2 aromatic carbocycles. The molecule has 4 amide bonds. The monoisotopic (exact) mass is 573 g/mol. The van der Waals surface area contributed by atoms with Gasteiger partial charge in [-0.1, -0.05) is 24.3 Å². The number of likely N-dealkylation sites (tertiary alicyclic amines) is 1. The number of piperidine rings is 1. The SMILES string of the molecule is Cc1ccccc1N1CCN(C(=O)C2CCCN2CCCOc2cccc3c2CN(C2CCC(=O)NC2=O)C3=O)CC1. The van der Waals surface area contributed by atoms with Gasteiger partial charge in [0.05, 0.1) is 19.2 Å². The summed E-state index contributed by atoms with van der Waals surface area (Å²) in [6.07, 6.45) is 3.23. The van der Waals surface area contributed by atoms with Crippen molar-refractivity contribution >= 4 is 29.3 Å². The van der Waals surface area contributed by atoms with Crippen LogP contribution in [0.1, 0.15) is 53.6 Å². The fourth-order valence-electron chi connectivity index (χ4n) is 6.81. The molecule has 0 aromatic heterocycles. The number of anilines is 1. The summed E-state index contributed by atoms with van der Waals surface area (Å²) in [6.45, 7) is 7.76. The first-order valence-corrected chi connectivity index (χ1v) is 15.1. The van der Waals surface area contributed by atoms with E-state index in [1.165, 1.54) is 11.3 Å². The molecule has 2 atom stereocenters. The molecule has 222 valence electrons. The van der Waals surface area contributed by atoms with Crippen LogP contribution in [-0.4, -0.2) is 96.3 Å². The standard InChI is InChI=1S/C32H39N5O5/c1-22-7-2-3-9-25(22)35-16-18-36(19-17-35)32(41)27-10-5-14-34(27)15-6-20-42-28-11-4-8-23-24(28)21-37(31(23)40)26-12-13-29(38)33-30(26)39/h2-4,7-9,11,26-27H,5-6,10,12-21H2,1H3,(H,33,38,39). The van der Waals surface area contributed by atoms with Crippen molar-refractivity contribution < 1.29 is 23.9 Å². The van der Waals surface area contributed by atoms with E-state index in [1.807, 2.05) is 11.0 Å². The molecule has 2 aromatic rings. The summed E-state index contributed by atoms with van der Waals surface area (Å²) in [5.41, 5.74) is 3.85. The molecule has 0 radical (unpaired) electrons. The number of piperazine rings is 1. The minimum absolute atomic E-state index is 0.0734. The third kappa shape index (κ3) is 5.60. The molecule has 10 heteroatoms. The summed E-state index contributed by atoms with van der Waals surface area (Å²) in [5, 5.41) is 2.34. The number of fused-ring (bicyclic) bond motifs is 1. The van der Waals surface area contributed by atoms with Crippen molar-refractivity contribution in [2.75, 3.05) is 50.8 Å². The second-order valence-electron chi connectivity index (χ2n) is 11.7. The van der Waals surface area contributed by atoms with E-state index in [-0.39, 0.29) is 36.7 Å². The van der Waals surface area contributed by atoms with Crippen molar-refractivity contribution in [2.24, 2.45) is 0 Å². The van der Waals surface area contributed by atoms with Gasteiger partial charge < -0.3 is 19.4 Å². The zero-order chi connectivity index (χ0) is 29.2. The van der Waals surface area contributed by atoms with Gasteiger partial charge in [0.25, 0.3) is 5.91 Å². The number of hydrogen-bond donors (Lipinski definition) is 1. The number of hydrogen-bond acceptors (Lipinski definition) is 7. The van der Waals surface area contributed by atoms with E-state index in [0.717, 1.165) is 64.1 Å². The lowest BCUT2D eigenvalue weighted by atomic mass is 10.0. The van der Waals surface area contributed by atoms with Gasteiger partial charge >= 0.3 is 0 Å². The Morgan fingerprint density at radius 1 is 0.976 bits per heavy atom. The number of aryl methyl sites for hydroxylation is 1. The molecule has 3 fully saturated rings. The molecule has 0 aliphatic carbocycles. The van der Waals surface area contributed by atoms with Crippen LogP contribution in [0.2, 0.25) is 0 Å². The predicted octanol–water partition coefficient (Wildman–Crippen LogP) is 2.34. The second-order valence-corrected chi connectivity index (χ2v) is 11.7. The van der Waals surface area contributed by atoms with Crippen LogP contribution in [0.4, 0.5) is 5.69 Å². The van der Waals surface area contributed by atoms with Crippen LogP contribution in [0.15, 0.2) is 42.5 Å². The fraction of sp³-hybridized carbons (Fsp3) is 0.500. The predicted molar refractivity (Wildman–Crippen MR) is 157 cm³/mol. The van der Waals surface area contributed by atoms with Gasteiger partial charge in [-0.25, -0.2) is 0 Å². The summed E-state index contributed by atoms with van der Waals surface area (Å²) < 4.78 is 6.15. The van der Waals surface area contributed by atoms with Crippen molar-refractivity contribution in [3.05, 3.63) is 59.2 Å². The highest BCUT2D eigenvalue weighted by Crippen LogP contribution is 2.33. The Balaban J connectivity index is 0.993. The van der Waals surface area contributed by atoms with Crippen LogP contribution < -0.4 is 15.0 Å². The van der Waals surface area contributed by atoms with Gasteiger partial charge in [-0.15, -0.1) is 0 Å². The minimum Gasteiger partial charge on any atom is -0.493 e. The van der Waals surface area contributed by atoms with E-state index in [4.69, 9.17) is 4.74 Å². The highest BCUT2D eigenvalue weighted by Gasteiger charge is 2.40. The lowest BCUT2D eigenvalue weighted by Gasteiger charge is -2.39. The van der Waals surface area contributed by atoms with Crippen LogP contribution in [0.5, 0.6) is 5.75 Å². The van der Waals surface area contributed by atoms with Crippen molar-refractivity contribution in [3.63, 3.8) is 0 Å². The van der Waals surface area contributed by atoms with Crippen LogP contribution in [0, 0.1) is 6.92 Å². The number of para-hydroxylation sites is 1. The third-order valence-electron chi connectivity index (χ3n) is 9.08. The van der Waals surface area contributed by atoms with Crippen LogP contribution in [0.25, 0.3) is 0 Å². The molecule has 0 bridgehead atoms. The largest absolute Gasteiger partial charge is 0.493 e. The molecule has 4 aliphatic rings. The minimum atomic E-state index is -0.648. The maximum absolute atomic E-state index is 13.5. The number of amides is 4. The summed E-state index contributed by atoms with van der Waals surface area (Å²) in [6, 6.07) is 13.1. The van der Waals surface area contributed by atoms with Crippen LogP contribution in [0.3, 0.4) is 0 Å². The maximum atomic E-state index is 13.5. The molecule has 1 N–H and O–H groups in total. The van der Waals surface area contributed by atoms with E-state index in [9.17, 15) is 19.2 Å². The fourth-order valence-corrected chi connectivity index (χ4v) is 6.81. The molecule has 4 aliphatic heterocycles. The summed E-state index contributed by atoms with van der Waals surface area (Å²) in [7, 11) is 0. The number of carbonyl (C=O) groups excluding carboxylic acids is 4. The van der Waals surface area contributed by atoms with Gasteiger partial charge in [-0.05, 0) is 62.9 Å². The Kier molecular flexibility index (Phi) is 8.15. The number of benzene rings is 2. The molecule has 0 saturated carbocycles. The number of imide groups is 1. The smallest absolute Gasteiger partial charge is 0.255 e. The van der Waals surface area contributed by atoms with E-state index in [2.05, 4.69) is 46.3 Å². The van der Waals surface area contributed by atoms with Crippen molar-refractivity contribution in [3.8, 4) is 5.75 Å².